The zero-order chi connectivity index (χ0) is 16.8. The molecular formula is C17H19NO5. The fourth-order valence-corrected chi connectivity index (χ4v) is 2.09. The van der Waals surface area contributed by atoms with Gasteiger partial charge in [-0.15, -0.1) is 0 Å². The van der Waals surface area contributed by atoms with Crippen LogP contribution in [0.4, 0.5) is 5.69 Å². The van der Waals surface area contributed by atoms with Gasteiger partial charge in [0.05, 0.1) is 12.0 Å². The van der Waals surface area contributed by atoms with Crippen molar-refractivity contribution >= 4 is 5.69 Å². The summed E-state index contributed by atoms with van der Waals surface area (Å²) in [6.07, 6.45) is 0. The topological polar surface area (TPSA) is 70.8 Å². The molecule has 0 aliphatic carbocycles. The predicted octanol–water partition coefficient (Wildman–Crippen LogP) is 3.68. The van der Waals surface area contributed by atoms with Crippen molar-refractivity contribution in [1.29, 1.82) is 0 Å². The van der Waals surface area contributed by atoms with Crippen LogP contribution in [0, 0.1) is 24.0 Å². The molecule has 0 spiro atoms. The first-order valence-electron chi connectivity index (χ1n) is 7.16. The van der Waals surface area contributed by atoms with Gasteiger partial charge in [-0.25, -0.2) is 0 Å². The molecule has 0 heterocycles. The SMILES string of the molecule is COc1cc(C)ccc1OCCOc1ccc(C)cc1[N+](=O)[O-]. The Morgan fingerprint density at radius 1 is 0.913 bits per heavy atom. The molecule has 0 unspecified atom stereocenters. The highest BCUT2D eigenvalue weighted by Crippen LogP contribution is 2.29. The van der Waals surface area contributed by atoms with Crippen LogP contribution in [0.15, 0.2) is 36.4 Å². The molecule has 0 aliphatic rings. The molecule has 0 atom stereocenters. The molecule has 6 heteroatoms. The second-order valence-corrected chi connectivity index (χ2v) is 5.08. The molecule has 2 rings (SSSR count). The number of nitrogens with zero attached hydrogens (tertiary/aromatic N) is 1. The Labute approximate surface area is 134 Å². The van der Waals surface area contributed by atoms with Crippen LogP contribution in [-0.4, -0.2) is 25.2 Å². The summed E-state index contributed by atoms with van der Waals surface area (Å²) < 4.78 is 16.3. The summed E-state index contributed by atoms with van der Waals surface area (Å²) in [6.45, 7) is 4.21. The van der Waals surface area contributed by atoms with E-state index >= 15 is 0 Å². The Bertz CT molecular complexity index is 699. The van der Waals surface area contributed by atoms with Gasteiger partial charge in [-0.1, -0.05) is 12.1 Å². The van der Waals surface area contributed by atoms with Crippen LogP contribution in [0.5, 0.6) is 17.2 Å². The Kier molecular flexibility index (Phi) is 5.41. The van der Waals surface area contributed by atoms with E-state index in [1.807, 2.05) is 25.1 Å². The lowest BCUT2D eigenvalue weighted by Crippen LogP contribution is -2.10. The van der Waals surface area contributed by atoms with Crippen LogP contribution >= 0.6 is 0 Å². The van der Waals surface area contributed by atoms with Crippen molar-refractivity contribution in [2.24, 2.45) is 0 Å². The Balaban J connectivity index is 1.95. The molecule has 0 saturated heterocycles. The molecule has 0 amide bonds. The molecule has 23 heavy (non-hydrogen) atoms. The number of aryl methyl sites for hydroxylation is 2. The van der Waals surface area contributed by atoms with Gasteiger partial charge in [-0.2, -0.15) is 0 Å². The minimum absolute atomic E-state index is 0.0436. The molecular weight excluding hydrogens is 298 g/mol. The molecule has 2 aromatic carbocycles. The zero-order valence-corrected chi connectivity index (χ0v) is 13.4. The minimum atomic E-state index is -0.452. The van der Waals surface area contributed by atoms with Crippen molar-refractivity contribution in [3.63, 3.8) is 0 Å². The first-order chi connectivity index (χ1) is 11.0. The van der Waals surface area contributed by atoms with E-state index < -0.39 is 4.92 Å². The van der Waals surface area contributed by atoms with Crippen LogP contribution in [0.1, 0.15) is 11.1 Å². The van der Waals surface area contributed by atoms with Gasteiger partial charge in [-0.3, -0.25) is 10.1 Å². The van der Waals surface area contributed by atoms with Crippen LogP contribution < -0.4 is 14.2 Å². The summed E-state index contributed by atoms with van der Waals surface area (Å²) >= 11 is 0. The lowest BCUT2D eigenvalue weighted by atomic mass is 10.2. The molecule has 0 radical (unpaired) electrons. The maximum Gasteiger partial charge on any atom is 0.311 e. The van der Waals surface area contributed by atoms with Gasteiger partial charge in [0.15, 0.2) is 17.2 Å². The Morgan fingerprint density at radius 2 is 1.48 bits per heavy atom. The average Bonchev–Trinajstić information content (AvgIpc) is 2.53. The van der Waals surface area contributed by atoms with Gasteiger partial charge >= 0.3 is 5.69 Å². The van der Waals surface area contributed by atoms with Gasteiger partial charge < -0.3 is 14.2 Å². The normalized spacial score (nSPS) is 10.2. The lowest BCUT2D eigenvalue weighted by molar-refractivity contribution is -0.385. The van der Waals surface area contributed by atoms with E-state index in [0.717, 1.165) is 11.1 Å². The van der Waals surface area contributed by atoms with E-state index in [0.29, 0.717) is 11.5 Å². The maximum absolute atomic E-state index is 11.0. The minimum Gasteiger partial charge on any atom is -0.493 e. The summed E-state index contributed by atoms with van der Waals surface area (Å²) in [4.78, 5) is 10.6. The third-order valence-electron chi connectivity index (χ3n) is 3.23. The van der Waals surface area contributed by atoms with Gasteiger partial charge in [0, 0.05) is 6.07 Å². The molecule has 0 bridgehead atoms. The molecule has 0 aromatic heterocycles. The Hall–Kier alpha value is -2.76. The number of nitro benzene ring substituents is 1. The first-order valence-corrected chi connectivity index (χ1v) is 7.16. The number of ether oxygens (including phenoxy) is 3. The second kappa shape index (κ2) is 7.49. The fourth-order valence-electron chi connectivity index (χ4n) is 2.09. The van der Waals surface area contributed by atoms with Crippen LogP contribution in [0.3, 0.4) is 0 Å². The zero-order valence-electron chi connectivity index (χ0n) is 13.4. The second-order valence-electron chi connectivity index (χ2n) is 5.08. The smallest absolute Gasteiger partial charge is 0.311 e. The fraction of sp³-hybridized carbons (Fsp3) is 0.294. The number of methoxy groups -OCH3 is 1. The molecule has 6 nitrogen and oxygen atoms in total. The van der Waals surface area contributed by atoms with Gasteiger partial charge in [-0.05, 0) is 43.2 Å². The van der Waals surface area contributed by atoms with E-state index in [1.54, 1.807) is 26.2 Å². The number of hydrogen-bond donors (Lipinski definition) is 0. The molecule has 0 N–H and O–H groups in total. The number of hydrogen-bond acceptors (Lipinski definition) is 5. The predicted molar refractivity (Wildman–Crippen MR) is 86.6 cm³/mol. The van der Waals surface area contributed by atoms with E-state index in [2.05, 4.69) is 0 Å². The quantitative estimate of drug-likeness (QED) is 0.442. The third-order valence-corrected chi connectivity index (χ3v) is 3.23. The van der Waals surface area contributed by atoms with Crippen molar-refractivity contribution in [3.05, 3.63) is 57.6 Å². The molecule has 2 aromatic rings. The van der Waals surface area contributed by atoms with Gasteiger partial charge in [0.1, 0.15) is 13.2 Å². The highest BCUT2D eigenvalue weighted by molar-refractivity contribution is 5.48. The summed E-state index contributed by atoms with van der Waals surface area (Å²) in [7, 11) is 1.58. The standard InChI is InChI=1S/C17H19NO5/c1-12-4-6-15(14(10-12)18(19)20)22-8-9-23-16-7-5-13(2)11-17(16)21-3/h4-7,10-11H,8-9H2,1-3H3. The largest absolute Gasteiger partial charge is 0.493 e. The van der Waals surface area contributed by atoms with Crippen LogP contribution in [0.25, 0.3) is 0 Å². The number of nitro groups is 1. The summed E-state index contributed by atoms with van der Waals surface area (Å²) in [5.74, 6) is 1.49. The first kappa shape index (κ1) is 16.6. The highest BCUT2D eigenvalue weighted by atomic mass is 16.6. The molecule has 0 aliphatic heterocycles. The molecule has 0 saturated carbocycles. The van der Waals surface area contributed by atoms with Gasteiger partial charge in [0.2, 0.25) is 0 Å². The third kappa shape index (κ3) is 4.35. The van der Waals surface area contributed by atoms with Crippen molar-refractivity contribution in [2.45, 2.75) is 13.8 Å². The van der Waals surface area contributed by atoms with E-state index in [-0.39, 0.29) is 24.7 Å². The average molecular weight is 317 g/mol. The highest BCUT2D eigenvalue weighted by Gasteiger charge is 2.15. The summed E-state index contributed by atoms with van der Waals surface area (Å²) in [6, 6.07) is 10.5. The van der Waals surface area contributed by atoms with Gasteiger partial charge in [0.25, 0.3) is 0 Å². The number of benzene rings is 2. The van der Waals surface area contributed by atoms with E-state index in [1.165, 1.54) is 6.07 Å². The van der Waals surface area contributed by atoms with Crippen LogP contribution in [-0.2, 0) is 0 Å². The van der Waals surface area contributed by atoms with Crippen molar-refractivity contribution in [3.8, 4) is 17.2 Å². The van der Waals surface area contributed by atoms with Crippen LogP contribution in [0.2, 0.25) is 0 Å². The van der Waals surface area contributed by atoms with E-state index in [9.17, 15) is 10.1 Å². The summed E-state index contributed by atoms with van der Waals surface area (Å²) in [5.41, 5.74) is 1.84. The summed E-state index contributed by atoms with van der Waals surface area (Å²) in [5, 5.41) is 11.0. The van der Waals surface area contributed by atoms with Crippen molar-refractivity contribution < 1.29 is 19.1 Å². The molecule has 122 valence electrons. The van der Waals surface area contributed by atoms with Crippen molar-refractivity contribution in [2.75, 3.05) is 20.3 Å². The number of rotatable bonds is 7. The monoisotopic (exact) mass is 317 g/mol. The van der Waals surface area contributed by atoms with E-state index in [4.69, 9.17) is 14.2 Å². The molecule has 0 fully saturated rings. The maximum atomic E-state index is 11.0. The lowest BCUT2D eigenvalue weighted by Gasteiger charge is -2.12. The Morgan fingerprint density at radius 3 is 2.09 bits per heavy atom. The van der Waals surface area contributed by atoms with Crippen molar-refractivity contribution in [1.82, 2.24) is 0 Å².